The Morgan fingerprint density at radius 1 is 1.25 bits per heavy atom. The number of hydrogen-bond acceptors (Lipinski definition) is 4. The van der Waals surface area contributed by atoms with Crippen molar-refractivity contribution in [3.63, 3.8) is 0 Å². The number of fused-ring (bicyclic) bond motifs is 4. The van der Waals surface area contributed by atoms with Crippen LogP contribution < -0.4 is 10.7 Å². The quantitative estimate of drug-likeness (QED) is 0.750. The van der Waals surface area contributed by atoms with Crippen LogP contribution in [0.4, 0.5) is 13.2 Å². The largest absolute Gasteiger partial charge is 0.503 e. The van der Waals surface area contributed by atoms with E-state index >= 15 is 0 Å². The first-order chi connectivity index (χ1) is 15.2. The maximum Gasteiger partial charge on any atom is 0.274 e. The molecule has 0 aliphatic carbocycles. The molecule has 2 amide bonds. The summed E-state index contributed by atoms with van der Waals surface area (Å²) in [5.74, 6) is -4.58. The maximum atomic E-state index is 14.1. The van der Waals surface area contributed by atoms with E-state index in [0.717, 1.165) is 18.3 Å². The molecule has 0 unspecified atom stereocenters. The Morgan fingerprint density at radius 2 is 1.94 bits per heavy atom. The van der Waals surface area contributed by atoms with Gasteiger partial charge in [0, 0.05) is 37.3 Å². The van der Waals surface area contributed by atoms with Gasteiger partial charge in [-0.15, -0.1) is 0 Å². The number of alkyl halides is 1. The van der Waals surface area contributed by atoms with E-state index in [9.17, 15) is 32.7 Å². The van der Waals surface area contributed by atoms with E-state index in [0.29, 0.717) is 24.9 Å². The minimum absolute atomic E-state index is 0.198. The Morgan fingerprint density at radius 3 is 2.59 bits per heavy atom. The molecule has 1 saturated heterocycles. The Bertz CT molecular complexity index is 1140. The average molecular weight is 449 g/mol. The van der Waals surface area contributed by atoms with Gasteiger partial charge in [0.1, 0.15) is 17.2 Å². The van der Waals surface area contributed by atoms with Crippen molar-refractivity contribution in [1.29, 1.82) is 0 Å². The normalized spacial score (nSPS) is 20.0. The van der Waals surface area contributed by atoms with Gasteiger partial charge in [-0.1, -0.05) is 0 Å². The second-order valence-corrected chi connectivity index (χ2v) is 8.24. The van der Waals surface area contributed by atoms with Crippen molar-refractivity contribution in [3.05, 3.63) is 62.6 Å². The van der Waals surface area contributed by atoms with Crippen molar-refractivity contribution >= 4 is 11.8 Å². The summed E-state index contributed by atoms with van der Waals surface area (Å²) in [5, 5.41) is 12.8. The van der Waals surface area contributed by atoms with Gasteiger partial charge in [-0.2, -0.15) is 0 Å². The molecule has 2 aliphatic heterocycles. The molecular weight excluding hydrogens is 427 g/mol. The smallest absolute Gasteiger partial charge is 0.274 e. The van der Waals surface area contributed by atoms with Gasteiger partial charge in [0.2, 0.25) is 5.43 Å². The molecule has 3 heterocycles. The molecule has 1 fully saturated rings. The third kappa shape index (κ3) is 3.63. The molecule has 1 aromatic heterocycles. The van der Waals surface area contributed by atoms with Crippen molar-refractivity contribution in [1.82, 2.24) is 14.8 Å². The summed E-state index contributed by atoms with van der Waals surface area (Å²) in [7, 11) is 0. The number of halogens is 3. The summed E-state index contributed by atoms with van der Waals surface area (Å²) in [6.07, 6.45) is 2.21. The van der Waals surface area contributed by atoms with Crippen LogP contribution in [0.25, 0.3) is 0 Å². The van der Waals surface area contributed by atoms with Crippen molar-refractivity contribution in [3.8, 4) is 5.75 Å². The summed E-state index contributed by atoms with van der Waals surface area (Å²) in [6, 6.07) is 1.68. The third-order valence-electron chi connectivity index (χ3n) is 6.17. The molecule has 32 heavy (non-hydrogen) atoms. The Balaban J connectivity index is 1.70. The lowest BCUT2D eigenvalue weighted by Crippen LogP contribution is -2.46. The van der Waals surface area contributed by atoms with Crippen molar-refractivity contribution < 1.29 is 27.9 Å². The predicted octanol–water partition coefficient (Wildman–Crippen LogP) is 2.45. The molecule has 0 radical (unpaired) electrons. The monoisotopic (exact) mass is 449 g/mol. The lowest BCUT2D eigenvalue weighted by atomic mass is 9.95. The molecule has 2 bridgehead atoms. The van der Waals surface area contributed by atoms with E-state index in [-0.39, 0.29) is 17.8 Å². The number of amides is 2. The van der Waals surface area contributed by atoms with E-state index < -0.39 is 65.4 Å². The SMILES string of the molecule is Cc1cc(F)c(CNC(=O)c2cn3c(c(O)c2=O)C(=O)N2CCC[C@H](CF)[C@@H]3C2)c(F)c1. The molecule has 0 spiro atoms. The highest BCUT2D eigenvalue weighted by molar-refractivity contribution is 5.99. The van der Waals surface area contributed by atoms with Gasteiger partial charge < -0.3 is 19.9 Å². The Hall–Kier alpha value is -3.30. The molecule has 2 aliphatic rings. The number of aryl methyl sites for hydroxylation is 1. The Kier molecular flexibility index (Phi) is 5.70. The molecule has 4 rings (SSSR count). The van der Waals surface area contributed by atoms with Gasteiger partial charge in [-0.05, 0) is 37.5 Å². The topological polar surface area (TPSA) is 91.6 Å². The second kappa shape index (κ2) is 8.33. The van der Waals surface area contributed by atoms with Crippen LogP contribution in [0.5, 0.6) is 5.75 Å². The first-order valence-corrected chi connectivity index (χ1v) is 10.3. The average Bonchev–Trinajstić information content (AvgIpc) is 2.93. The van der Waals surface area contributed by atoms with Crippen LogP contribution in [0.1, 0.15) is 50.9 Å². The van der Waals surface area contributed by atoms with Crippen LogP contribution >= 0.6 is 0 Å². The molecule has 7 nitrogen and oxygen atoms in total. The zero-order valence-electron chi connectivity index (χ0n) is 17.3. The van der Waals surface area contributed by atoms with Crippen LogP contribution in [0.15, 0.2) is 23.1 Å². The van der Waals surface area contributed by atoms with Crippen molar-refractivity contribution in [2.45, 2.75) is 32.4 Å². The Labute approximate surface area is 181 Å². The van der Waals surface area contributed by atoms with Gasteiger partial charge in [0.25, 0.3) is 11.8 Å². The summed E-state index contributed by atoms with van der Waals surface area (Å²) < 4.78 is 43.1. The van der Waals surface area contributed by atoms with Gasteiger partial charge in [0.15, 0.2) is 11.4 Å². The third-order valence-corrected chi connectivity index (χ3v) is 6.17. The summed E-state index contributed by atoms with van der Waals surface area (Å²) in [5.41, 5.74) is -1.86. The fraction of sp³-hybridized carbons (Fsp3) is 0.409. The molecule has 2 atom stereocenters. The van der Waals surface area contributed by atoms with Gasteiger partial charge in [-0.3, -0.25) is 18.8 Å². The molecule has 1 aromatic carbocycles. The number of aromatic nitrogens is 1. The molecule has 10 heteroatoms. The molecule has 0 saturated carbocycles. The van der Waals surface area contributed by atoms with Crippen molar-refractivity contribution in [2.75, 3.05) is 19.8 Å². The van der Waals surface area contributed by atoms with E-state index in [1.807, 2.05) is 0 Å². The minimum atomic E-state index is -1.08. The number of benzene rings is 1. The standard InChI is InChI=1S/C22H22F3N3O4/c1-11-5-15(24)13(16(25)6-11)8-26-21(31)14-9-28-17-10-27(4-2-3-12(17)7-23)22(32)18(28)20(30)19(14)29/h5-6,9,12,17,30H,2-4,7-8,10H2,1H3,(H,26,31)/t12-,17+/m1/s1. The number of pyridine rings is 1. The van der Waals surface area contributed by atoms with Crippen LogP contribution in [0.2, 0.25) is 0 Å². The fourth-order valence-electron chi connectivity index (χ4n) is 4.45. The van der Waals surface area contributed by atoms with Crippen LogP contribution in [0, 0.1) is 24.5 Å². The number of carbonyl (C=O) groups is 2. The van der Waals surface area contributed by atoms with E-state index in [2.05, 4.69) is 5.32 Å². The zero-order chi connectivity index (χ0) is 23.2. The second-order valence-electron chi connectivity index (χ2n) is 8.24. The van der Waals surface area contributed by atoms with E-state index in [1.165, 1.54) is 16.4 Å². The van der Waals surface area contributed by atoms with Gasteiger partial charge >= 0.3 is 0 Å². The lowest BCUT2D eigenvalue weighted by molar-refractivity contribution is 0.0651. The van der Waals surface area contributed by atoms with Crippen molar-refractivity contribution in [2.24, 2.45) is 5.92 Å². The highest BCUT2D eigenvalue weighted by atomic mass is 19.1. The molecule has 2 aromatic rings. The summed E-state index contributed by atoms with van der Waals surface area (Å²) >= 11 is 0. The minimum Gasteiger partial charge on any atom is -0.503 e. The number of nitrogens with zero attached hydrogens (tertiary/aromatic N) is 2. The molecular formula is C22H22F3N3O4. The van der Waals surface area contributed by atoms with Crippen LogP contribution in [-0.4, -0.2) is 46.2 Å². The van der Waals surface area contributed by atoms with Crippen LogP contribution in [0.3, 0.4) is 0 Å². The predicted molar refractivity (Wildman–Crippen MR) is 108 cm³/mol. The summed E-state index contributed by atoms with van der Waals surface area (Å²) in [6.45, 7) is 0.916. The van der Waals surface area contributed by atoms with E-state index in [1.54, 1.807) is 0 Å². The van der Waals surface area contributed by atoms with E-state index in [4.69, 9.17) is 0 Å². The summed E-state index contributed by atoms with van der Waals surface area (Å²) in [4.78, 5) is 39.6. The molecule has 170 valence electrons. The highest BCUT2D eigenvalue weighted by Crippen LogP contribution is 2.35. The number of hydrogen-bond donors (Lipinski definition) is 2. The number of rotatable bonds is 4. The number of aromatic hydroxyl groups is 1. The van der Waals surface area contributed by atoms with Gasteiger partial charge in [-0.25, -0.2) is 8.78 Å². The fourth-order valence-corrected chi connectivity index (χ4v) is 4.45. The molecule has 2 N–H and O–H groups in total. The zero-order valence-corrected chi connectivity index (χ0v) is 17.3. The maximum absolute atomic E-state index is 14.1. The van der Waals surface area contributed by atoms with Gasteiger partial charge in [0.05, 0.1) is 12.7 Å². The van der Waals surface area contributed by atoms with Crippen LogP contribution in [-0.2, 0) is 6.54 Å². The number of carbonyl (C=O) groups excluding carboxylic acids is 2. The number of nitrogens with one attached hydrogen (secondary N) is 1. The lowest BCUT2D eigenvalue weighted by Gasteiger charge is -2.36. The first-order valence-electron chi connectivity index (χ1n) is 10.3. The highest BCUT2D eigenvalue weighted by Gasteiger charge is 2.40. The first kappa shape index (κ1) is 21.9.